The second-order valence-electron chi connectivity index (χ2n) is 2.63. The molecule has 0 aliphatic heterocycles. The zero-order valence-electron chi connectivity index (χ0n) is 6.84. The molecule has 0 atom stereocenters. The molecule has 0 aliphatic carbocycles. The molecule has 68 valence electrons. The van der Waals surface area contributed by atoms with E-state index in [0.717, 1.165) is 5.69 Å². The molecule has 0 saturated heterocycles. The third kappa shape index (κ3) is 1.46. The van der Waals surface area contributed by atoms with Crippen molar-refractivity contribution in [2.75, 3.05) is 0 Å². The van der Waals surface area contributed by atoms with Crippen molar-refractivity contribution >= 4 is 11.6 Å². The SMILES string of the molecule is NCc1nc(-c2ccc[nH]2)c(Cl)[nH]1. The highest BCUT2D eigenvalue weighted by Crippen LogP contribution is 2.23. The molecular weight excluding hydrogens is 188 g/mol. The first-order chi connectivity index (χ1) is 6.31. The molecule has 2 rings (SSSR count). The molecular formula is C8H9ClN4. The summed E-state index contributed by atoms with van der Waals surface area (Å²) in [6.07, 6.45) is 1.82. The first kappa shape index (κ1) is 8.34. The van der Waals surface area contributed by atoms with Crippen LogP contribution in [0.4, 0.5) is 0 Å². The van der Waals surface area contributed by atoms with Crippen LogP contribution in [-0.2, 0) is 6.54 Å². The van der Waals surface area contributed by atoms with Crippen molar-refractivity contribution in [2.45, 2.75) is 6.54 Å². The second-order valence-corrected chi connectivity index (χ2v) is 3.01. The number of nitrogens with two attached hydrogens (primary N) is 1. The number of H-pyrrole nitrogens is 2. The van der Waals surface area contributed by atoms with Crippen LogP contribution in [0.2, 0.25) is 5.15 Å². The van der Waals surface area contributed by atoms with Crippen molar-refractivity contribution in [1.29, 1.82) is 0 Å². The minimum atomic E-state index is 0.362. The first-order valence-electron chi connectivity index (χ1n) is 3.89. The van der Waals surface area contributed by atoms with E-state index in [1.807, 2.05) is 18.3 Å². The van der Waals surface area contributed by atoms with Gasteiger partial charge in [0.05, 0.1) is 12.2 Å². The lowest BCUT2D eigenvalue weighted by Crippen LogP contribution is -1.97. The van der Waals surface area contributed by atoms with E-state index in [4.69, 9.17) is 17.3 Å². The van der Waals surface area contributed by atoms with Crippen LogP contribution in [0.25, 0.3) is 11.4 Å². The molecule has 0 spiro atoms. The van der Waals surface area contributed by atoms with E-state index in [9.17, 15) is 0 Å². The number of hydrogen-bond acceptors (Lipinski definition) is 2. The quantitative estimate of drug-likeness (QED) is 0.682. The summed E-state index contributed by atoms with van der Waals surface area (Å²) in [5.74, 6) is 0.689. The average Bonchev–Trinajstić information content (AvgIpc) is 2.72. The fraction of sp³-hybridized carbons (Fsp3) is 0.125. The first-order valence-corrected chi connectivity index (χ1v) is 4.27. The third-order valence-corrected chi connectivity index (χ3v) is 2.03. The van der Waals surface area contributed by atoms with Gasteiger partial charge in [-0.15, -0.1) is 0 Å². The Bertz CT molecular complexity index is 390. The van der Waals surface area contributed by atoms with E-state index in [0.29, 0.717) is 23.2 Å². The van der Waals surface area contributed by atoms with Gasteiger partial charge >= 0.3 is 0 Å². The minimum Gasteiger partial charge on any atom is -0.360 e. The van der Waals surface area contributed by atoms with E-state index in [1.54, 1.807) is 0 Å². The molecule has 13 heavy (non-hydrogen) atoms. The molecule has 5 heteroatoms. The van der Waals surface area contributed by atoms with Gasteiger partial charge in [-0.1, -0.05) is 11.6 Å². The van der Waals surface area contributed by atoms with Crippen LogP contribution in [-0.4, -0.2) is 15.0 Å². The van der Waals surface area contributed by atoms with Gasteiger partial charge < -0.3 is 15.7 Å². The maximum atomic E-state index is 5.92. The molecule has 0 fully saturated rings. The summed E-state index contributed by atoms with van der Waals surface area (Å²) in [6, 6.07) is 3.80. The zero-order valence-corrected chi connectivity index (χ0v) is 7.60. The fourth-order valence-corrected chi connectivity index (χ4v) is 1.40. The van der Waals surface area contributed by atoms with Gasteiger partial charge in [0.1, 0.15) is 16.7 Å². The van der Waals surface area contributed by atoms with Crippen molar-refractivity contribution in [3.05, 3.63) is 29.3 Å². The largest absolute Gasteiger partial charge is 0.360 e. The van der Waals surface area contributed by atoms with E-state index in [2.05, 4.69) is 15.0 Å². The van der Waals surface area contributed by atoms with E-state index >= 15 is 0 Å². The molecule has 2 aromatic rings. The van der Waals surface area contributed by atoms with Crippen LogP contribution < -0.4 is 5.73 Å². The predicted molar refractivity (Wildman–Crippen MR) is 51.3 cm³/mol. The number of nitrogens with zero attached hydrogens (tertiary/aromatic N) is 1. The average molecular weight is 197 g/mol. The van der Waals surface area contributed by atoms with E-state index in [-0.39, 0.29) is 0 Å². The molecule has 0 radical (unpaired) electrons. The summed E-state index contributed by atoms with van der Waals surface area (Å²) >= 11 is 5.92. The Balaban J connectivity index is 2.46. The lowest BCUT2D eigenvalue weighted by atomic mass is 10.3. The minimum absolute atomic E-state index is 0.362. The van der Waals surface area contributed by atoms with Crippen molar-refractivity contribution in [3.8, 4) is 11.4 Å². The molecule has 0 unspecified atom stereocenters. The topological polar surface area (TPSA) is 70.5 Å². The number of aromatic amines is 2. The number of aromatic nitrogens is 3. The zero-order chi connectivity index (χ0) is 9.26. The molecule has 0 aromatic carbocycles. The molecule has 0 amide bonds. The Morgan fingerprint density at radius 3 is 2.92 bits per heavy atom. The molecule has 2 heterocycles. The summed E-state index contributed by atoms with van der Waals surface area (Å²) in [6.45, 7) is 0.362. The van der Waals surface area contributed by atoms with Crippen LogP contribution in [0, 0.1) is 0 Å². The number of nitrogens with one attached hydrogen (secondary N) is 2. The molecule has 0 saturated carbocycles. The molecule has 0 bridgehead atoms. The van der Waals surface area contributed by atoms with Crippen molar-refractivity contribution in [2.24, 2.45) is 5.73 Å². The maximum absolute atomic E-state index is 5.92. The maximum Gasteiger partial charge on any atom is 0.135 e. The number of rotatable bonds is 2. The smallest absolute Gasteiger partial charge is 0.135 e. The van der Waals surface area contributed by atoms with Gasteiger partial charge in [0.25, 0.3) is 0 Å². The lowest BCUT2D eigenvalue weighted by molar-refractivity contribution is 0.950. The molecule has 4 N–H and O–H groups in total. The Hall–Kier alpha value is -1.26. The Morgan fingerprint density at radius 2 is 2.38 bits per heavy atom. The van der Waals surface area contributed by atoms with Gasteiger partial charge in [0.2, 0.25) is 0 Å². The highest BCUT2D eigenvalue weighted by Gasteiger charge is 2.09. The Labute approximate surface area is 80.1 Å². The predicted octanol–water partition coefficient (Wildman–Crippen LogP) is 1.52. The third-order valence-electron chi connectivity index (χ3n) is 1.76. The highest BCUT2D eigenvalue weighted by molar-refractivity contribution is 6.31. The Morgan fingerprint density at radius 1 is 1.54 bits per heavy atom. The van der Waals surface area contributed by atoms with Crippen LogP contribution in [0.1, 0.15) is 5.82 Å². The van der Waals surface area contributed by atoms with Gasteiger partial charge in [0.15, 0.2) is 0 Å². The van der Waals surface area contributed by atoms with Crippen LogP contribution in [0.5, 0.6) is 0 Å². The summed E-state index contributed by atoms with van der Waals surface area (Å²) in [5, 5.41) is 0.517. The molecule has 2 aromatic heterocycles. The molecule has 4 nitrogen and oxygen atoms in total. The number of hydrogen-bond donors (Lipinski definition) is 3. The lowest BCUT2D eigenvalue weighted by Gasteiger charge is -1.89. The van der Waals surface area contributed by atoms with Crippen molar-refractivity contribution in [3.63, 3.8) is 0 Å². The fourth-order valence-electron chi connectivity index (χ4n) is 1.15. The number of imidazole rings is 1. The number of halogens is 1. The normalized spacial score (nSPS) is 10.6. The Kier molecular flexibility index (Phi) is 2.08. The van der Waals surface area contributed by atoms with Crippen LogP contribution in [0.3, 0.4) is 0 Å². The highest BCUT2D eigenvalue weighted by atomic mass is 35.5. The van der Waals surface area contributed by atoms with Crippen molar-refractivity contribution in [1.82, 2.24) is 15.0 Å². The van der Waals surface area contributed by atoms with Gasteiger partial charge in [-0.3, -0.25) is 0 Å². The van der Waals surface area contributed by atoms with Crippen LogP contribution >= 0.6 is 11.6 Å². The summed E-state index contributed by atoms with van der Waals surface area (Å²) in [5.41, 5.74) is 7.03. The van der Waals surface area contributed by atoms with E-state index < -0.39 is 0 Å². The van der Waals surface area contributed by atoms with E-state index in [1.165, 1.54) is 0 Å². The van der Waals surface area contributed by atoms with Gasteiger partial charge in [-0.25, -0.2) is 4.98 Å². The standard InChI is InChI=1S/C8H9ClN4/c9-8-7(5-2-1-3-11-5)12-6(4-10)13-8/h1-3,11H,4,10H2,(H,12,13). The summed E-state index contributed by atoms with van der Waals surface area (Å²) < 4.78 is 0. The summed E-state index contributed by atoms with van der Waals surface area (Å²) in [4.78, 5) is 10.1. The second kappa shape index (κ2) is 3.24. The van der Waals surface area contributed by atoms with Crippen LogP contribution in [0.15, 0.2) is 18.3 Å². The van der Waals surface area contributed by atoms with Gasteiger partial charge in [0, 0.05) is 6.20 Å². The molecule has 0 aliphatic rings. The van der Waals surface area contributed by atoms with Crippen molar-refractivity contribution < 1.29 is 0 Å². The van der Waals surface area contributed by atoms with Gasteiger partial charge in [-0.05, 0) is 12.1 Å². The monoisotopic (exact) mass is 196 g/mol. The summed E-state index contributed by atoms with van der Waals surface area (Å²) in [7, 11) is 0. The van der Waals surface area contributed by atoms with Gasteiger partial charge in [-0.2, -0.15) is 0 Å².